The van der Waals surface area contributed by atoms with Crippen molar-refractivity contribution in [1.29, 1.82) is 0 Å². The van der Waals surface area contributed by atoms with Gasteiger partial charge in [-0.15, -0.1) is 0 Å². The van der Waals surface area contributed by atoms with Crippen molar-refractivity contribution < 1.29 is 32.9 Å². The minimum atomic E-state index is -4.32. The standard InChI is InChI=1S/C62H127N2O6P/c1-6-8-10-12-14-16-18-20-22-23-24-25-26-27-28-29-30-31-32-33-34-35-36-37-38-39-40-41-42-44-46-48-50-52-54-56-62(66)63-60(59-70-71(67,68)69-58-57-64(3,4)5)61(65)55-53-51-49-47-45-43-21-19-17-15-13-11-9-7-2/h60-61,65H,6-59H2,1-5H3,(H-,63,66,67,68)/p+1. The summed E-state index contributed by atoms with van der Waals surface area (Å²) in [7, 11) is 1.64. The van der Waals surface area contributed by atoms with Crippen molar-refractivity contribution in [1.82, 2.24) is 5.32 Å². The zero-order chi connectivity index (χ0) is 52.0. The summed E-state index contributed by atoms with van der Waals surface area (Å²) < 4.78 is 23.8. The van der Waals surface area contributed by atoms with Crippen LogP contribution in [0.1, 0.15) is 341 Å². The fourth-order valence-corrected chi connectivity index (χ4v) is 10.8. The van der Waals surface area contributed by atoms with Crippen molar-refractivity contribution in [3.8, 4) is 0 Å². The summed E-state index contributed by atoms with van der Waals surface area (Å²) in [6.07, 6.45) is 66.3. The number of nitrogens with zero attached hydrogens (tertiary/aromatic N) is 1. The van der Waals surface area contributed by atoms with Gasteiger partial charge in [0, 0.05) is 6.42 Å². The van der Waals surface area contributed by atoms with Gasteiger partial charge in [0.05, 0.1) is 39.9 Å². The first-order chi connectivity index (χ1) is 34.5. The Morgan fingerprint density at radius 2 is 0.676 bits per heavy atom. The molecule has 1 amide bonds. The highest BCUT2D eigenvalue weighted by atomic mass is 31.2. The monoisotopic (exact) mass is 1030 g/mol. The van der Waals surface area contributed by atoms with Crippen LogP contribution in [-0.2, 0) is 18.4 Å². The molecule has 8 nitrogen and oxygen atoms in total. The molecule has 0 bridgehead atoms. The van der Waals surface area contributed by atoms with Gasteiger partial charge >= 0.3 is 7.82 Å². The number of hydrogen-bond donors (Lipinski definition) is 3. The van der Waals surface area contributed by atoms with E-state index >= 15 is 0 Å². The molecule has 71 heavy (non-hydrogen) atoms. The van der Waals surface area contributed by atoms with E-state index in [1.165, 1.54) is 276 Å². The lowest BCUT2D eigenvalue weighted by Crippen LogP contribution is -2.46. The van der Waals surface area contributed by atoms with Crippen LogP contribution in [0.4, 0.5) is 0 Å². The highest BCUT2D eigenvalue weighted by Gasteiger charge is 2.28. The fraction of sp³-hybridized carbons (Fsp3) is 0.984. The zero-order valence-electron chi connectivity index (χ0n) is 48.8. The number of aliphatic hydroxyl groups is 1. The first-order valence-corrected chi connectivity index (χ1v) is 33.4. The number of phosphoric ester groups is 1. The van der Waals surface area contributed by atoms with Gasteiger partial charge < -0.3 is 19.8 Å². The number of hydrogen-bond acceptors (Lipinski definition) is 5. The summed E-state index contributed by atoms with van der Waals surface area (Å²) >= 11 is 0. The Hall–Kier alpha value is -0.500. The predicted octanol–water partition coefficient (Wildman–Crippen LogP) is 19.6. The molecule has 0 spiro atoms. The second kappa shape index (κ2) is 54.3. The number of phosphoric acid groups is 1. The molecule has 0 saturated heterocycles. The Morgan fingerprint density at radius 3 is 0.944 bits per heavy atom. The molecule has 0 radical (unpaired) electrons. The Balaban J connectivity index is 3.87. The number of likely N-dealkylation sites (N-methyl/N-ethyl adjacent to an activating group) is 1. The predicted molar refractivity (Wildman–Crippen MR) is 309 cm³/mol. The summed E-state index contributed by atoms with van der Waals surface area (Å²) in [4.78, 5) is 23.3. The maximum atomic E-state index is 13.0. The lowest BCUT2D eigenvalue weighted by Gasteiger charge is -2.26. The molecule has 3 N–H and O–H groups in total. The van der Waals surface area contributed by atoms with E-state index in [4.69, 9.17) is 9.05 Å². The number of nitrogens with one attached hydrogen (secondary N) is 1. The molecule has 0 saturated carbocycles. The lowest BCUT2D eigenvalue weighted by atomic mass is 10.0. The van der Waals surface area contributed by atoms with Crippen molar-refractivity contribution in [2.75, 3.05) is 40.9 Å². The Labute approximate surface area is 444 Å². The maximum absolute atomic E-state index is 13.0. The summed E-state index contributed by atoms with van der Waals surface area (Å²) in [6.45, 7) is 4.94. The highest BCUT2D eigenvalue weighted by Crippen LogP contribution is 2.43. The Bertz CT molecular complexity index is 1120. The van der Waals surface area contributed by atoms with Gasteiger partial charge in [-0.3, -0.25) is 13.8 Å². The molecule has 0 aliphatic heterocycles. The van der Waals surface area contributed by atoms with Crippen molar-refractivity contribution in [2.45, 2.75) is 353 Å². The number of amides is 1. The molecule has 0 aromatic heterocycles. The molecule has 9 heteroatoms. The normalized spacial score (nSPS) is 13.7. The van der Waals surface area contributed by atoms with E-state index < -0.39 is 20.0 Å². The second-order valence-electron chi connectivity index (χ2n) is 23.5. The van der Waals surface area contributed by atoms with Gasteiger partial charge in [-0.2, -0.15) is 0 Å². The van der Waals surface area contributed by atoms with E-state index in [1.54, 1.807) is 0 Å². The van der Waals surface area contributed by atoms with Gasteiger partial charge in [0.25, 0.3) is 0 Å². The van der Waals surface area contributed by atoms with E-state index in [2.05, 4.69) is 19.2 Å². The van der Waals surface area contributed by atoms with Gasteiger partial charge in [-0.1, -0.05) is 322 Å². The Morgan fingerprint density at radius 1 is 0.423 bits per heavy atom. The Kier molecular flexibility index (Phi) is 53.9. The van der Waals surface area contributed by atoms with Crippen LogP contribution in [0.15, 0.2) is 0 Å². The van der Waals surface area contributed by atoms with Crippen LogP contribution in [0.3, 0.4) is 0 Å². The maximum Gasteiger partial charge on any atom is 0.472 e. The largest absolute Gasteiger partial charge is 0.472 e. The van der Waals surface area contributed by atoms with Crippen LogP contribution >= 0.6 is 7.82 Å². The van der Waals surface area contributed by atoms with Gasteiger partial charge in [-0.25, -0.2) is 4.57 Å². The van der Waals surface area contributed by atoms with Gasteiger partial charge in [0.2, 0.25) is 5.91 Å². The van der Waals surface area contributed by atoms with Crippen LogP contribution in [0.2, 0.25) is 0 Å². The molecule has 0 aliphatic rings. The first-order valence-electron chi connectivity index (χ1n) is 31.9. The van der Waals surface area contributed by atoms with Crippen LogP contribution in [0.5, 0.6) is 0 Å². The molecular weight excluding hydrogens is 900 g/mol. The third-order valence-electron chi connectivity index (χ3n) is 15.1. The molecule has 0 rings (SSSR count). The zero-order valence-corrected chi connectivity index (χ0v) is 49.7. The second-order valence-corrected chi connectivity index (χ2v) is 25.0. The molecule has 0 fully saturated rings. The van der Waals surface area contributed by atoms with Crippen LogP contribution in [0, 0.1) is 0 Å². The van der Waals surface area contributed by atoms with Gasteiger partial charge in [-0.05, 0) is 12.8 Å². The van der Waals surface area contributed by atoms with Crippen LogP contribution in [-0.4, -0.2) is 73.4 Å². The van der Waals surface area contributed by atoms with E-state index in [9.17, 15) is 19.4 Å². The van der Waals surface area contributed by atoms with Gasteiger partial charge in [0.15, 0.2) is 0 Å². The van der Waals surface area contributed by atoms with Crippen molar-refractivity contribution >= 4 is 13.7 Å². The number of carbonyl (C=O) groups excluding carboxylic acids is 1. The van der Waals surface area contributed by atoms with E-state index in [-0.39, 0.29) is 19.1 Å². The third kappa shape index (κ3) is 57.1. The number of rotatable bonds is 60. The van der Waals surface area contributed by atoms with Crippen LogP contribution in [0.25, 0.3) is 0 Å². The summed E-state index contributed by atoms with van der Waals surface area (Å²) in [5.41, 5.74) is 0. The molecule has 426 valence electrons. The quantitative estimate of drug-likeness (QED) is 0.0318. The minimum Gasteiger partial charge on any atom is -0.391 e. The number of quaternary nitrogens is 1. The molecular formula is C62H128N2O6P+. The smallest absolute Gasteiger partial charge is 0.391 e. The average molecular weight is 1030 g/mol. The molecule has 0 heterocycles. The molecule has 3 unspecified atom stereocenters. The number of unbranched alkanes of at least 4 members (excludes halogenated alkanes) is 47. The van der Waals surface area contributed by atoms with E-state index in [0.29, 0.717) is 23.9 Å². The van der Waals surface area contributed by atoms with Crippen LogP contribution < -0.4 is 5.32 Å². The minimum absolute atomic E-state index is 0.0790. The number of aliphatic hydroxyl groups excluding tert-OH is 1. The molecule has 0 aromatic carbocycles. The third-order valence-corrected chi connectivity index (χ3v) is 16.1. The van der Waals surface area contributed by atoms with Crippen molar-refractivity contribution in [2.24, 2.45) is 0 Å². The molecule has 0 aromatic rings. The first kappa shape index (κ1) is 70.5. The average Bonchev–Trinajstić information content (AvgIpc) is 3.33. The number of carbonyl (C=O) groups is 1. The highest BCUT2D eigenvalue weighted by molar-refractivity contribution is 7.47. The molecule has 3 atom stereocenters. The SMILES string of the molecule is CCCCCCCCCCCCCCCCCCCCCCCCCCCCCCCCCCCCCC(=O)NC(COP(=O)(O)OCC[N+](C)(C)C)C(O)CCCCCCCCCCCCCCCC. The fourth-order valence-electron chi connectivity index (χ4n) is 10.1. The van der Waals surface area contributed by atoms with Gasteiger partial charge in [0.1, 0.15) is 13.2 Å². The summed E-state index contributed by atoms with van der Waals surface area (Å²) in [5, 5.41) is 14.1. The summed E-state index contributed by atoms with van der Waals surface area (Å²) in [6, 6.07) is -0.755. The van der Waals surface area contributed by atoms with E-state index in [1.807, 2.05) is 21.1 Å². The summed E-state index contributed by atoms with van der Waals surface area (Å²) in [5.74, 6) is -0.136. The lowest BCUT2D eigenvalue weighted by molar-refractivity contribution is -0.870. The van der Waals surface area contributed by atoms with Crippen molar-refractivity contribution in [3.63, 3.8) is 0 Å². The van der Waals surface area contributed by atoms with E-state index in [0.717, 1.165) is 38.5 Å². The van der Waals surface area contributed by atoms with Crippen molar-refractivity contribution in [3.05, 3.63) is 0 Å². The topological polar surface area (TPSA) is 105 Å². The molecule has 0 aliphatic carbocycles.